The Kier molecular flexibility index (Phi) is 5.03. The maximum atomic E-state index is 5.74. The molecule has 1 aliphatic heterocycles. The third-order valence-electron chi connectivity index (χ3n) is 3.70. The molecular formula is C12H26N2O. The molecule has 4 atom stereocenters. The highest BCUT2D eigenvalue weighted by Crippen LogP contribution is 2.21. The Morgan fingerprint density at radius 3 is 2.67 bits per heavy atom. The Bertz CT molecular complexity index is 186. The van der Waals surface area contributed by atoms with Crippen LogP contribution in [0, 0.1) is 5.92 Å². The molecule has 0 saturated carbocycles. The molecule has 15 heavy (non-hydrogen) atoms. The van der Waals surface area contributed by atoms with E-state index < -0.39 is 0 Å². The topological polar surface area (TPSA) is 38.5 Å². The van der Waals surface area contributed by atoms with Gasteiger partial charge in [-0.2, -0.15) is 0 Å². The van der Waals surface area contributed by atoms with Crippen LogP contribution in [0.4, 0.5) is 0 Å². The summed E-state index contributed by atoms with van der Waals surface area (Å²) in [7, 11) is 0. The molecule has 1 aliphatic rings. The number of ether oxygens (including phenoxy) is 1. The van der Waals surface area contributed by atoms with Crippen molar-refractivity contribution in [2.75, 3.05) is 19.7 Å². The molecule has 1 fully saturated rings. The molecule has 0 radical (unpaired) electrons. The normalized spacial score (nSPS) is 32.6. The van der Waals surface area contributed by atoms with Crippen LogP contribution >= 0.6 is 0 Å². The van der Waals surface area contributed by atoms with Crippen molar-refractivity contribution < 1.29 is 4.74 Å². The molecule has 2 N–H and O–H groups in total. The first kappa shape index (κ1) is 12.9. The molecule has 90 valence electrons. The highest BCUT2D eigenvalue weighted by atomic mass is 16.5. The largest absolute Gasteiger partial charge is 0.376 e. The summed E-state index contributed by atoms with van der Waals surface area (Å²) in [5.41, 5.74) is 5.74. The quantitative estimate of drug-likeness (QED) is 0.770. The van der Waals surface area contributed by atoms with Crippen LogP contribution in [0.3, 0.4) is 0 Å². The van der Waals surface area contributed by atoms with E-state index in [-0.39, 0.29) is 0 Å². The van der Waals surface area contributed by atoms with E-state index in [4.69, 9.17) is 10.5 Å². The van der Waals surface area contributed by atoms with Crippen molar-refractivity contribution in [3.8, 4) is 0 Å². The summed E-state index contributed by atoms with van der Waals surface area (Å²) in [5, 5.41) is 0. The number of hydrogen-bond donors (Lipinski definition) is 1. The lowest BCUT2D eigenvalue weighted by Gasteiger charge is -2.43. The van der Waals surface area contributed by atoms with Gasteiger partial charge in [-0.15, -0.1) is 0 Å². The van der Waals surface area contributed by atoms with E-state index in [1.165, 1.54) is 0 Å². The summed E-state index contributed by atoms with van der Waals surface area (Å²) in [6.07, 6.45) is 1.52. The predicted molar refractivity (Wildman–Crippen MR) is 63.9 cm³/mol. The average molecular weight is 214 g/mol. The average Bonchev–Trinajstić information content (AvgIpc) is 2.27. The van der Waals surface area contributed by atoms with E-state index >= 15 is 0 Å². The Balaban J connectivity index is 2.61. The molecule has 1 heterocycles. The summed E-state index contributed by atoms with van der Waals surface area (Å²) in [4.78, 5) is 2.58. The lowest BCUT2D eigenvalue weighted by molar-refractivity contribution is -0.0766. The van der Waals surface area contributed by atoms with Crippen LogP contribution in [0.2, 0.25) is 0 Å². The third-order valence-corrected chi connectivity index (χ3v) is 3.70. The van der Waals surface area contributed by atoms with Crippen molar-refractivity contribution in [3.05, 3.63) is 0 Å². The van der Waals surface area contributed by atoms with Crippen LogP contribution in [0.5, 0.6) is 0 Å². The summed E-state index contributed by atoms with van der Waals surface area (Å²) >= 11 is 0. The monoisotopic (exact) mass is 214 g/mol. The van der Waals surface area contributed by atoms with Gasteiger partial charge < -0.3 is 10.5 Å². The zero-order valence-electron chi connectivity index (χ0n) is 10.6. The fourth-order valence-corrected chi connectivity index (χ4v) is 2.24. The number of morpholine rings is 1. The molecule has 0 amide bonds. The molecule has 1 saturated heterocycles. The summed E-state index contributed by atoms with van der Waals surface area (Å²) in [6.45, 7) is 11.6. The first-order chi connectivity index (χ1) is 7.10. The lowest BCUT2D eigenvalue weighted by atomic mass is 9.98. The second-order valence-corrected chi connectivity index (χ2v) is 4.86. The van der Waals surface area contributed by atoms with Gasteiger partial charge in [0.1, 0.15) is 0 Å². The van der Waals surface area contributed by atoms with Crippen molar-refractivity contribution in [3.63, 3.8) is 0 Å². The maximum absolute atomic E-state index is 5.74. The smallest absolute Gasteiger partial charge is 0.0674 e. The highest BCUT2D eigenvalue weighted by molar-refractivity contribution is 4.84. The fourth-order valence-electron chi connectivity index (χ4n) is 2.24. The first-order valence-electron chi connectivity index (χ1n) is 6.17. The van der Waals surface area contributed by atoms with Gasteiger partial charge in [0.25, 0.3) is 0 Å². The van der Waals surface area contributed by atoms with Crippen molar-refractivity contribution in [2.45, 2.75) is 52.3 Å². The Hall–Kier alpha value is -0.120. The van der Waals surface area contributed by atoms with Gasteiger partial charge in [-0.05, 0) is 32.7 Å². The molecule has 0 aliphatic carbocycles. The number of rotatable bonds is 4. The first-order valence-corrected chi connectivity index (χ1v) is 6.17. The van der Waals surface area contributed by atoms with Gasteiger partial charge in [-0.1, -0.05) is 13.8 Å². The Labute approximate surface area is 94.0 Å². The Morgan fingerprint density at radius 1 is 1.47 bits per heavy atom. The minimum absolute atomic E-state index is 0.361. The summed E-state index contributed by atoms with van der Waals surface area (Å²) in [6, 6.07) is 1.14. The van der Waals surface area contributed by atoms with Crippen LogP contribution in [0.25, 0.3) is 0 Å². The minimum Gasteiger partial charge on any atom is -0.376 e. The molecule has 0 bridgehead atoms. The second kappa shape index (κ2) is 5.83. The van der Waals surface area contributed by atoms with Crippen molar-refractivity contribution in [1.82, 2.24) is 4.90 Å². The molecule has 3 heteroatoms. The number of nitrogens with zero attached hydrogens (tertiary/aromatic N) is 1. The standard InChI is InChI=1S/C12H26N2O/c1-5-12-8-15-10(3)7-14(12)11(4)9(2)6-13/h9-12H,5-8,13H2,1-4H3. The van der Waals surface area contributed by atoms with Crippen molar-refractivity contribution in [2.24, 2.45) is 11.7 Å². The number of hydrogen-bond acceptors (Lipinski definition) is 3. The molecule has 0 aromatic rings. The third kappa shape index (κ3) is 3.16. The highest BCUT2D eigenvalue weighted by Gasteiger charge is 2.30. The van der Waals surface area contributed by atoms with E-state index in [1.807, 2.05) is 0 Å². The lowest BCUT2D eigenvalue weighted by Crippen LogP contribution is -2.54. The summed E-state index contributed by atoms with van der Waals surface area (Å²) < 4.78 is 5.70. The van der Waals surface area contributed by atoms with Gasteiger partial charge in [0.2, 0.25) is 0 Å². The molecule has 3 nitrogen and oxygen atoms in total. The molecule has 4 unspecified atom stereocenters. The molecule has 0 aromatic carbocycles. The fraction of sp³-hybridized carbons (Fsp3) is 1.00. The molecule has 1 rings (SSSR count). The van der Waals surface area contributed by atoms with Crippen LogP contribution in [0.15, 0.2) is 0 Å². The van der Waals surface area contributed by atoms with E-state index in [2.05, 4.69) is 32.6 Å². The van der Waals surface area contributed by atoms with Gasteiger partial charge in [-0.25, -0.2) is 0 Å². The van der Waals surface area contributed by atoms with Gasteiger partial charge in [0.05, 0.1) is 12.7 Å². The number of nitrogens with two attached hydrogens (primary N) is 1. The maximum Gasteiger partial charge on any atom is 0.0674 e. The minimum atomic E-state index is 0.361. The van der Waals surface area contributed by atoms with Gasteiger partial charge in [-0.3, -0.25) is 4.90 Å². The van der Waals surface area contributed by atoms with Crippen molar-refractivity contribution in [1.29, 1.82) is 0 Å². The van der Waals surface area contributed by atoms with Crippen LogP contribution in [-0.2, 0) is 4.74 Å². The van der Waals surface area contributed by atoms with E-state index in [0.717, 1.165) is 26.1 Å². The zero-order chi connectivity index (χ0) is 11.4. The van der Waals surface area contributed by atoms with Crippen LogP contribution in [0.1, 0.15) is 34.1 Å². The SMILES string of the molecule is CCC1COC(C)CN1C(C)C(C)CN. The van der Waals surface area contributed by atoms with Gasteiger partial charge in [0.15, 0.2) is 0 Å². The zero-order valence-corrected chi connectivity index (χ0v) is 10.6. The second-order valence-electron chi connectivity index (χ2n) is 4.86. The van der Waals surface area contributed by atoms with E-state index in [0.29, 0.717) is 24.1 Å². The molecular weight excluding hydrogens is 188 g/mol. The van der Waals surface area contributed by atoms with E-state index in [1.54, 1.807) is 0 Å². The molecule has 0 aromatic heterocycles. The Morgan fingerprint density at radius 2 is 2.13 bits per heavy atom. The predicted octanol–water partition coefficient (Wildman–Crippen LogP) is 1.47. The van der Waals surface area contributed by atoms with Crippen molar-refractivity contribution >= 4 is 0 Å². The summed E-state index contributed by atoms with van der Waals surface area (Å²) in [5.74, 6) is 0.560. The molecule has 0 spiro atoms. The van der Waals surface area contributed by atoms with E-state index in [9.17, 15) is 0 Å². The van der Waals surface area contributed by atoms with Gasteiger partial charge in [0, 0.05) is 18.6 Å². The van der Waals surface area contributed by atoms with Gasteiger partial charge >= 0.3 is 0 Å². The van der Waals surface area contributed by atoms with Crippen LogP contribution < -0.4 is 5.73 Å². The van der Waals surface area contributed by atoms with Crippen LogP contribution in [-0.4, -0.2) is 42.8 Å².